The first kappa shape index (κ1) is 13.6. The summed E-state index contributed by atoms with van der Waals surface area (Å²) in [6, 6.07) is 5.34. The number of aryl methyl sites for hydroxylation is 1. The fourth-order valence-corrected chi connectivity index (χ4v) is 2.30. The van der Waals surface area contributed by atoms with Gasteiger partial charge in [0.25, 0.3) is 0 Å². The van der Waals surface area contributed by atoms with Crippen molar-refractivity contribution in [3.05, 3.63) is 59.2 Å². The molecule has 0 atom stereocenters. The number of aromatic nitrogens is 3. The zero-order valence-corrected chi connectivity index (χ0v) is 11.3. The van der Waals surface area contributed by atoms with E-state index in [1.54, 1.807) is 0 Å². The molecular formula is C15H12F3N3. The Hall–Kier alpha value is -2.37. The lowest BCUT2D eigenvalue weighted by molar-refractivity contribution is 0.492. The number of hydrogen-bond acceptors (Lipinski definition) is 2. The van der Waals surface area contributed by atoms with E-state index in [1.165, 1.54) is 22.9 Å². The molecule has 3 aromatic rings. The lowest BCUT2D eigenvalue weighted by Gasteiger charge is -2.05. The second kappa shape index (κ2) is 5.20. The van der Waals surface area contributed by atoms with Crippen LogP contribution in [0.3, 0.4) is 0 Å². The molecule has 0 aliphatic rings. The topological polar surface area (TPSA) is 30.7 Å². The summed E-state index contributed by atoms with van der Waals surface area (Å²) in [5.74, 6) is -2.26. The van der Waals surface area contributed by atoms with Gasteiger partial charge in [-0.1, -0.05) is 19.1 Å². The van der Waals surface area contributed by atoms with Crippen molar-refractivity contribution in [1.82, 2.24) is 14.8 Å². The van der Waals surface area contributed by atoms with E-state index in [9.17, 15) is 13.2 Å². The van der Waals surface area contributed by atoms with Crippen molar-refractivity contribution in [1.29, 1.82) is 0 Å². The largest absolute Gasteiger partial charge is 0.242 e. The van der Waals surface area contributed by atoms with Gasteiger partial charge < -0.3 is 0 Å². The number of hydrogen-bond donors (Lipinski definition) is 0. The Morgan fingerprint density at radius 1 is 1.19 bits per heavy atom. The van der Waals surface area contributed by atoms with Crippen LogP contribution in [0.5, 0.6) is 0 Å². The fraction of sp³-hybridized carbons (Fsp3) is 0.200. The van der Waals surface area contributed by atoms with Gasteiger partial charge in [-0.15, -0.1) is 0 Å². The van der Waals surface area contributed by atoms with E-state index in [0.29, 0.717) is 23.1 Å². The molecule has 0 saturated heterocycles. The van der Waals surface area contributed by atoms with E-state index < -0.39 is 17.5 Å². The first-order valence-corrected chi connectivity index (χ1v) is 6.54. The van der Waals surface area contributed by atoms with E-state index in [4.69, 9.17) is 0 Å². The van der Waals surface area contributed by atoms with Crippen molar-refractivity contribution >= 4 is 11.0 Å². The summed E-state index contributed by atoms with van der Waals surface area (Å²) in [5.41, 5.74) is 1.30. The van der Waals surface area contributed by atoms with Crippen molar-refractivity contribution in [2.75, 3.05) is 0 Å². The monoisotopic (exact) mass is 291 g/mol. The standard InChI is InChI=1S/C15H12F3N3/c1-2-13-11-6-10(16)7-19-15(11)21(20-13)8-9-4-3-5-12(17)14(9)18/h3-7H,2,8H2,1H3. The molecular weight excluding hydrogens is 279 g/mol. The van der Waals surface area contributed by atoms with Crippen molar-refractivity contribution < 1.29 is 13.2 Å². The van der Waals surface area contributed by atoms with Crippen LogP contribution in [0.4, 0.5) is 13.2 Å². The Bertz CT molecular complexity index is 811. The van der Waals surface area contributed by atoms with Crippen LogP contribution < -0.4 is 0 Å². The normalized spacial score (nSPS) is 11.2. The van der Waals surface area contributed by atoms with Gasteiger partial charge in [0.1, 0.15) is 5.82 Å². The molecule has 0 unspecified atom stereocenters. The SMILES string of the molecule is CCc1nn(Cc2cccc(F)c2F)c2ncc(F)cc12. The Kier molecular flexibility index (Phi) is 3.37. The average Bonchev–Trinajstić information content (AvgIpc) is 2.81. The number of benzene rings is 1. The van der Waals surface area contributed by atoms with Gasteiger partial charge in [0, 0.05) is 10.9 Å². The quantitative estimate of drug-likeness (QED) is 0.740. The number of fused-ring (bicyclic) bond motifs is 1. The smallest absolute Gasteiger partial charge is 0.163 e. The minimum atomic E-state index is -0.904. The third kappa shape index (κ3) is 2.37. The van der Waals surface area contributed by atoms with Gasteiger partial charge in [0.2, 0.25) is 0 Å². The predicted octanol–water partition coefficient (Wildman–Crippen LogP) is 3.46. The van der Waals surface area contributed by atoms with Crippen molar-refractivity contribution in [2.24, 2.45) is 0 Å². The fourth-order valence-electron chi connectivity index (χ4n) is 2.30. The van der Waals surface area contributed by atoms with Gasteiger partial charge in [0.05, 0.1) is 18.4 Å². The molecule has 3 nitrogen and oxygen atoms in total. The molecule has 2 heterocycles. The van der Waals surface area contributed by atoms with Gasteiger partial charge in [-0.2, -0.15) is 5.10 Å². The van der Waals surface area contributed by atoms with Crippen LogP contribution in [0, 0.1) is 17.5 Å². The lowest BCUT2D eigenvalue weighted by atomic mass is 10.2. The molecule has 0 radical (unpaired) electrons. The average molecular weight is 291 g/mol. The highest BCUT2D eigenvalue weighted by atomic mass is 19.2. The molecule has 0 aliphatic heterocycles. The third-order valence-corrected chi connectivity index (χ3v) is 3.32. The Labute approximate surface area is 119 Å². The maximum Gasteiger partial charge on any atom is 0.163 e. The van der Waals surface area contributed by atoms with E-state index >= 15 is 0 Å². The summed E-state index contributed by atoms with van der Waals surface area (Å²) in [5, 5.41) is 4.91. The number of pyridine rings is 1. The van der Waals surface area contributed by atoms with Crippen molar-refractivity contribution in [3.63, 3.8) is 0 Å². The van der Waals surface area contributed by atoms with E-state index in [2.05, 4.69) is 10.1 Å². The molecule has 0 fully saturated rings. The Balaban J connectivity index is 2.11. The molecule has 0 aliphatic carbocycles. The zero-order chi connectivity index (χ0) is 15.0. The molecule has 2 aromatic heterocycles. The van der Waals surface area contributed by atoms with E-state index in [-0.39, 0.29) is 12.1 Å². The minimum Gasteiger partial charge on any atom is -0.242 e. The molecule has 108 valence electrons. The number of rotatable bonds is 3. The van der Waals surface area contributed by atoms with Gasteiger partial charge in [0.15, 0.2) is 17.3 Å². The highest BCUT2D eigenvalue weighted by molar-refractivity contribution is 5.78. The summed E-state index contributed by atoms with van der Waals surface area (Å²) >= 11 is 0. The van der Waals surface area contributed by atoms with Gasteiger partial charge in [-0.3, -0.25) is 0 Å². The molecule has 0 amide bonds. The molecule has 0 bridgehead atoms. The molecule has 1 aromatic carbocycles. The van der Waals surface area contributed by atoms with Crippen LogP contribution in [0.2, 0.25) is 0 Å². The summed E-state index contributed by atoms with van der Waals surface area (Å²) in [6.45, 7) is 1.93. The second-order valence-corrected chi connectivity index (χ2v) is 4.70. The third-order valence-electron chi connectivity index (χ3n) is 3.32. The molecule has 0 saturated carbocycles. The van der Waals surface area contributed by atoms with Crippen LogP contribution in [-0.2, 0) is 13.0 Å². The highest BCUT2D eigenvalue weighted by Crippen LogP contribution is 2.20. The Morgan fingerprint density at radius 3 is 2.76 bits per heavy atom. The summed E-state index contributed by atoms with van der Waals surface area (Å²) in [6.07, 6.45) is 1.68. The minimum absolute atomic E-state index is 0.0404. The lowest BCUT2D eigenvalue weighted by Crippen LogP contribution is -2.06. The van der Waals surface area contributed by atoms with Crippen molar-refractivity contribution in [2.45, 2.75) is 19.9 Å². The highest BCUT2D eigenvalue weighted by Gasteiger charge is 2.14. The van der Waals surface area contributed by atoms with Crippen LogP contribution in [-0.4, -0.2) is 14.8 Å². The molecule has 0 N–H and O–H groups in total. The first-order chi connectivity index (χ1) is 10.1. The van der Waals surface area contributed by atoms with E-state index in [1.807, 2.05) is 6.92 Å². The van der Waals surface area contributed by atoms with Gasteiger partial charge >= 0.3 is 0 Å². The predicted molar refractivity (Wildman–Crippen MR) is 72.3 cm³/mol. The Morgan fingerprint density at radius 2 is 2.00 bits per heavy atom. The number of nitrogens with zero attached hydrogens (tertiary/aromatic N) is 3. The summed E-state index contributed by atoms with van der Waals surface area (Å²) in [7, 11) is 0. The molecule has 6 heteroatoms. The summed E-state index contributed by atoms with van der Waals surface area (Å²) < 4.78 is 41.8. The van der Waals surface area contributed by atoms with Crippen LogP contribution in [0.25, 0.3) is 11.0 Å². The zero-order valence-electron chi connectivity index (χ0n) is 11.3. The summed E-state index contributed by atoms with van der Waals surface area (Å²) in [4.78, 5) is 4.01. The second-order valence-electron chi connectivity index (χ2n) is 4.70. The van der Waals surface area contributed by atoms with Gasteiger partial charge in [-0.25, -0.2) is 22.8 Å². The van der Waals surface area contributed by atoms with E-state index in [0.717, 1.165) is 12.3 Å². The van der Waals surface area contributed by atoms with Crippen molar-refractivity contribution in [3.8, 4) is 0 Å². The van der Waals surface area contributed by atoms with Crippen LogP contribution in [0.1, 0.15) is 18.2 Å². The molecule has 21 heavy (non-hydrogen) atoms. The van der Waals surface area contributed by atoms with Crippen LogP contribution in [0.15, 0.2) is 30.5 Å². The molecule has 0 spiro atoms. The number of halogens is 3. The van der Waals surface area contributed by atoms with Crippen LogP contribution >= 0.6 is 0 Å². The maximum absolute atomic E-state index is 13.7. The first-order valence-electron chi connectivity index (χ1n) is 6.54. The molecule has 3 rings (SSSR count). The van der Waals surface area contributed by atoms with Gasteiger partial charge in [-0.05, 0) is 18.6 Å². The maximum atomic E-state index is 13.7.